The van der Waals surface area contributed by atoms with Crippen molar-refractivity contribution in [3.63, 3.8) is 0 Å². The number of aryl methyl sites for hydroxylation is 1. The molecule has 0 aliphatic rings. The van der Waals surface area contributed by atoms with E-state index in [-0.39, 0.29) is 5.91 Å². The lowest BCUT2D eigenvalue weighted by atomic mass is 10.2. The summed E-state index contributed by atoms with van der Waals surface area (Å²) < 4.78 is 4.93. The molecule has 1 heterocycles. The predicted octanol–water partition coefficient (Wildman–Crippen LogP) is 0.556. The zero-order valence-electron chi connectivity index (χ0n) is 10.2. The van der Waals surface area contributed by atoms with Gasteiger partial charge in [0, 0.05) is 19.4 Å². The van der Waals surface area contributed by atoms with Crippen molar-refractivity contribution in [2.45, 2.75) is 39.0 Å². The van der Waals surface area contributed by atoms with E-state index in [1.54, 1.807) is 6.92 Å². The van der Waals surface area contributed by atoms with Gasteiger partial charge < -0.3 is 15.6 Å². The summed E-state index contributed by atoms with van der Waals surface area (Å²) in [4.78, 5) is 15.4. The van der Waals surface area contributed by atoms with Gasteiger partial charge >= 0.3 is 0 Å². The number of rotatable bonds is 8. The number of hydrogen-bond donors (Lipinski definition) is 2. The van der Waals surface area contributed by atoms with Crippen LogP contribution in [0, 0.1) is 6.92 Å². The minimum Gasteiger partial charge on any atom is -0.356 e. The summed E-state index contributed by atoms with van der Waals surface area (Å²) >= 11 is 0. The number of nitrogens with two attached hydrogens (primary N) is 1. The fourth-order valence-corrected chi connectivity index (χ4v) is 1.45. The second-order valence-corrected chi connectivity index (χ2v) is 3.93. The number of hydrogen-bond acceptors (Lipinski definition) is 5. The molecule has 1 aromatic heterocycles. The SMILES string of the molecule is Cc1noc(CCNC(=O)CCCCCN)n1. The van der Waals surface area contributed by atoms with Crippen LogP contribution in [0.3, 0.4) is 0 Å². The third kappa shape index (κ3) is 6.01. The van der Waals surface area contributed by atoms with Gasteiger partial charge in [0.2, 0.25) is 11.8 Å². The Bertz CT molecular complexity index is 338. The van der Waals surface area contributed by atoms with Crippen molar-refractivity contribution >= 4 is 5.91 Å². The highest BCUT2D eigenvalue weighted by atomic mass is 16.5. The molecule has 3 N–H and O–H groups in total. The van der Waals surface area contributed by atoms with Crippen LogP contribution >= 0.6 is 0 Å². The third-order valence-electron chi connectivity index (χ3n) is 2.34. The molecule has 0 fully saturated rings. The van der Waals surface area contributed by atoms with Crippen LogP contribution in [0.4, 0.5) is 0 Å². The predicted molar refractivity (Wildman–Crippen MR) is 63.3 cm³/mol. The average Bonchev–Trinajstić information content (AvgIpc) is 2.71. The van der Waals surface area contributed by atoms with Crippen LogP contribution in [0.1, 0.15) is 37.4 Å². The summed E-state index contributed by atoms with van der Waals surface area (Å²) in [7, 11) is 0. The molecule has 0 saturated carbocycles. The number of amides is 1. The molecule has 0 unspecified atom stereocenters. The first-order valence-corrected chi connectivity index (χ1v) is 5.98. The maximum atomic E-state index is 11.4. The first kappa shape index (κ1) is 13.6. The normalized spacial score (nSPS) is 10.5. The Kier molecular flexibility index (Phi) is 6.24. The summed E-state index contributed by atoms with van der Waals surface area (Å²) in [5.41, 5.74) is 5.37. The highest BCUT2D eigenvalue weighted by Crippen LogP contribution is 1.99. The minimum atomic E-state index is 0.0678. The lowest BCUT2D eigenvalue weighted by molar-refractivity contribution is -0.121. The zero-order valence-corrected chi connectivity index (χ0v) is 10.2. The van der Waals surface area contributed by atoms with Gasteiger partial charge in [0.05, 0.1) is 0 Å². The van der Waals surface area contributed by atoms with E-state index >= 15 is 0 Å². The van der Waals surface area contributed by atoms with Gasteiger partial charge in [0.25, 0.3) is 0 Å². The van der Waals surface area contributed by atoms with E-state index in [2.05, 4.69) is 15.5 Å². The van der Waals surface area contributed by atoms with E-state index in [1.165, 1.54) is 0 Å². The molecule has 0 bridgehead atoms. The molecule has 0 radical (unpaired) electrons. The number of carbonyl (C=O) groups excluding carboxylic acids is 1. The van der Waals surface area contributed by atoms with Crippen molar-refractivity contribution < 1.29 is 9.32 Å². The van der Waals surface area contributed by atoms with Crippen molar-refractivity contribution in [1.29, 1.82) is 0 Å². The van der Waals surface area contributed by atoms with Crippen molar-refractivity contribution in [3.8, 4) is 0 Å². The Labute approximate surface area is 101 Å². The third-order valence-corrected chi connectivity index (χ3v) is 2.34. The minimum absolute atomic E-state index is 0.0678. The fraction of sp³-hybridized carbons (Fsp3) is 0.727. The molecule has 6 nitrogen and oxygen atoms in total. The molecular formula is C11H20N4O2. The maximum Gasteiger partial charge on any atom is 0.228 e. The second kappa shape index (κ2) is 7.78. The zero-order chi connectivity index (χ0) is 12.5. The number of nitrogens with zero attached hydrogens (tertiary/aromatic N) is 2. The van der Waals surface area contributed by atoms with Gasteiger partial charge in [-0.1, -0.05) is 11.6 Å². The molecule has 96 valence electrons. The van der Waals surface area contributed by atoms with Gasteiger partial charge in [-0.3, -0.25) is 4.79 Å². The van der Waals surface area contributed by atoms with E-state index in [0.29, 0.717) is 37.6 Å². The summed E-state index contributed by atoms with van der Waals surface area (Å²) in [5, 5.41) is 6.49. The molecule has 17 heavy (non-hydrogen) atoms. The van der Waals surface area contributed by atoms with Gasteiger partial charge in [-0.15, -0.1) is 0 Å². The molecular weight excluding hydrogens is 220 g/mol. The lowest BCUT2D eigenvalue weighted by Crippen LogP contribution is -2.25. The van der Waals surface area contributed by atoms with Crippen molar-refractivity contribution in [1.82, 2.24) is 15.5 Å². The van der Waals surface area contributed by atoms with Crippen LogP contribution in [-0.2, 0) is 11.2 Å². The van der Waals surface area contributed by atoms with E-state index in [9.17, 15) is 4.79 Å². The topological polar surface area (TPSA) is 94.0 Å². The van der Waals surface area contributed by atoms with Gasteiger partial charge in [-0.05, 0) is 26.3 Å². The van der Waals surface area contributed by atoms with Crippen LogP contribution < -0.4 is 11.1 Å². The first-order valence-electron chi connectivity index (χ1n) is 5.98. The Morgan fingerprint density at radius 3 is 2.88 bits per heavy atom. The molecule has 0 atom stereocenters. The van der Waals surface area contributed by atoms with Gasteiger partial charge in [0.1, 0.15) is 0 Å². The molecule has 0 aliphatic carbocycles. The van der Waals surface area contributed by atoms with Crippen molar-refractivity contribution in [2.24, 2.45) is 5.73 Å². The highest BCUT2D eigenvalue weighted by molar-refractivity contribution is 5.75. The van der Waals surface area contributed by atoms with Crippen LogP contribution in [0.2, 0.25) is 0 Å². The maximum absolute atomic E-state index is 11.4. The molecule has 1 aromatic rings. The van der Waals surface area contributed by atoms with Crippen LogP contribution in [0.25, 0.3) is 0 Å². The Morgan fingerprint density at radius 1 is 1.41 bits per heavy atom. The van der Waals surface area contributed by atoms with Crippen molar-refractivity contribution in [2.75, 3.05) is 13.1 Å². The van der Waals surface area contributed by atoms with Gasteiger partial charge in [0.15, 0.2) is 5.82 Å². The van der Waals surface area contributed by atoms with Crippen LogP contribution in [0.5, 0.6) is 0 Å². The Balaban J connectivity index is 2.04. The standard InChI is InChI=1S/C11H20N4O2/c1-9-14-11(17-15-9)6-8-13-10(16)5-3-2-4-7-12/h2-8,12H2,1H3,(H,13,16). The monoisotopic (exact) mass is 240 g/mol. The summed E-state index contributed by atoms with van der Waals surface area (Å²) in [6.45, 7) is 3.00. The van der Waals surface area contributed by atoms with Crippen LogP contribution in [-0.4, -0.2) is 29.1 Å². The molecule has 0 aliphatic heterocycles. The van der Waals surface area contributed by atoms with Gasteiger partial charge in [-0.2, -0.15) is 4.98 Å². The summed E-state index contributed by atoms with van der Waals surface area (Å²) in [6, 6.07) is 0. The molecule has 6 heteroatoms. The number of nitrogens with one attached hydrogen (secondary N) is 1. The summed E-state index contributed by atoms with van der Waals surface area (Å²) in [5.74, 6) is 1.25. The molecule has 0 aromatic carbocycles. The van der Waals surface area contributed by atoms with Crippen LogP contribution in [0.15, 0.2) is 4.52 Å². The average molecular weight is 240 g/mol. The Hall–Kier alpha value is -1.43. The Morgan fingerprint density at radius 2 is 2.24 bits per heavy atom. The summed E-state index contributed by atoms with van der Waals surface area (Å²) in [6.07, 6.45) is 4.02. The van der Waals surface area contributed by atoms with E-state index < -0.39 is 0 Å². The first-order chi connectivity index (χ1) is 8.22. The number of aromatic nitrogens is 2. The van der Waals surface area contributed by atoms with E-state index in [1.807, 2.05) is 0 Å². The molecule has 0 saturated heterocycles. The number of unbranched alkanes of at least 4 members (excludes halogenated alkanes) is 2. The number of carbonyl (C=O) groups is 1. The second-order valence-electron chi connectivity index (χ2n) is 3.93. The highest BCUT2D eigenvalue weighted by Gasteiger charge is 2.04. The van der Waals surface area contributed by atoms with E-state index in [0.717, 1.165) is 19.3 Å². The smallest absolute Gasteiger partial charge is 0.228 e. The van der Waals surface area contributed by atoms with E-state index in [4.69, 9.17) is 10.3 Å². The van der Waals surface area contributed by atoms with Gasteiger partial charge in [-0.25, -0.2) is 0 Å². The molecule has 1 amide bonds. The quantitative estimate of drug-likeness (QED) is 0.647. The van der Waals surface area contributed by atoms with Crippen molar-refractivity contribution in [3.05, 3.63) is 11.7 Å². The largest absolute Gasteiger partial charge is 0.356 e. The lowest BCUT2D eigenvalue weighted by Gasteiger charge is -2.02. The molecule has 1 rings (SSSR count). The molecule has 0 spiro atoms. The fourth-order valence-electron chi connectivity index (χ4n) is 1.45.